The first-order valence-corrected chi connectivity index (χ1v) is 16.8. The van der Waals surface area contributed by atoms with Crippen molar-refractivity contribution in [2.24, 2.45) is 5.92 Å². The minimum absolute atomic E-state index is 0.0644. The molecule has 0 bridgehead atoms. The molecule has 3 heterocycles. The quantitative estimate of drug-likeness (QED) is 0.207. The Balaban J connectivity index is 1.14. The van der Waals surface area contributed by atoms with Crippen molar-refractivity contribution in [3.8, 4) is 17.2 Å². The standard InChI is InChI=1S/C40H39N3O7/c1-26(9-7-15-37(45)41-22-8-10-29(41)25-44)40(48)32-23-30(49-2)20-21-33(32)42(39(40)47)24-27-16-18-28(19-17-27)43-34-12-4-6-14-36(34)50-35-13-5-3-11-31(35)38(43)46/h3-7,9,11-14,16-21,23,26,29,44,48H,8,10,15,22,24-25H2,1-2H3/b9-7+/t26-,29-,40+/m0/s1. The van der Waals surface area contributed by atoms with Crippen molar-refractivity contribution in [1.82, 2.24) is 4.90 Å². The van der Waals surface area contributed by atoms with Gasteiger partial charge >= 0.3 is 0 Å². The van der Waals surface area contributed by atoms with Gasteiger partial charge in [0.25, 0.3) is 11.8 Å². The Morgan fingerprint density at radius 1 is 1.00 bits per heavy atom. The number of hydrogen-bond donors (Lipinski definition) is 2. The number of carbonyl (C=O) groups is 3. The van der Waals surface area contributed by atoms with E-state index in [-0.39, 0.29) is 37.4 Å². The summed E-state index contributed by atoms with van der Waals surface area (Å²) in [5.41, 5.74) is 1.56. The van der Waals surface area contributed by atoms with Gasteiger partial charge in [0.15, 0.2) is 11.4 Å². The number of nitrogens with zero attached hydrogens (tertiary/aromatic N) is 3. The summed E-state index contributed by atoms with van der Waals surface area (Å²) in [6.45, 7) is 2.47. The normalized spacial score (nSPS) is 20.3. The molecule has 4 aromatic carbocycles. The molecule has 0 spiro atoms. The molecule has 1 saturated heterocycles. The number of carbonyl (C=O) groups excluding carboxylic acids is 3. The highest BCUT2D eigenvalue weighted by Crippen LogP contribution is 2.47. The first-order valence-electron chi connectivity index (χ1n) is 16.8. The fourth-order valence-electron chi connectivity index (χ4n) is 7.19. The van der Waals surface area contributed by atoms with Crippen LogP contribution in [0.2, 0.25) is 0 Å². The molecule has 0 aliphatic carbocycles. The number of fused-ring (bicyclic) bond motifs is 3. The van der Waals surface area contributed by atoms with Crippen LogP contribution in [0.1, 0.15) is 47.7 Å². The third-order valence-corrected chi connectivity index (χ3v) is 9.94. The maximum absolute atomic E-state index is 14.2. The zero-order valence-corrected chi connectivity index (χ0v) is 28.0. The molecule has 256 valence electrons. The zero-order valence-electron chi connectivity index (χ0n) is 28.0. The van der Waals surface area contributed by atoms with E-state index in [0.29, 0.717) is 52.0 Å². The van der Waals surface area contributed by atoms with Gasteiger partial charge in [-0.05, 0) is 73.0 Å². The molecular formula is C40H39N3O7. The summed E-state index contributed by atoms with van der Waals surface area (Å²) in [7, 11) is 1.53. The lowest BCUT2D eigenvalue weighted by Gasteiger charge is -2.28. The molecule has 1 fully saturated rings. The third-order valence-electron chi connectivity index (χ3n) is 9.94. The number of likely N-dealkylation sites (tertiary alicyclic amines) is 1. The predicted molar refractivity (Wildman–Crippen MR) is 189 cm³/mol. The second kappa shape index (κ2) is 13.5. The second-order valence-electron chi connectivity index (χ2n) is 12.9. The summed E-state index contributed by atoms with van der Waals surface area (Å²) in [5, 5.41) is 21.8. The van der Waals surface area contributed by atoms with Crippen molar-refractivity contribution >= 4 is 34.8 Å². The summed E-state index contributed by atoms with van der Waals surface area (Å²) < 4.78 is 11.6. The molecule has 10 heteroatoms. The van der Waals surface area contributed by atoms with E-state index < -0.39 is 17.4 Å². The molecule has 0 radical (unpaired) electrons. The van der Waals surface area contributed by atoms with Crippen molar-refractivity contribution in [3.05, 3.63) is 120 Å². The molecule has 3 aliphatic rings. The van der Waals surface area contributed by atoms with E-state index in [0.717, 1.165) is 18.4 Å². The Morgan fingerprint density at radius 3 is 2.50 bits per heavy atom. The van der Waals surface area contributed by atoms with Crippen molar-refractivity contribution in [2.45, 2.75) is 44.4 Å². The fourth-order valence-corrected chi connectivity index (χ4v) is 7.19. The van der Waals surface area contributed by atoms with Crippen LogP contribution >= 0.6 is 0 Å². The summed E-state index contributed by atoms with van der Waals surface area (Å²) >= 11 is 0. The van der Waals surface area contributed by atoms with E-state index in [1.54, 1.807) is 70.2 Å². The topological polar surface area (TPSA) is 120 Å². The number of aliphatic hydroxyl groups excluding tert-OH is 1. The number of anilines is 3. The lowest BCUT2D eigenvalue weighted by atomic mass is 9.83. The first kappa shape index (κ1) is 33.1. The van der Waals surface area contributed by atoms with Crippen molar-refractivity contribution < 1.29 is 34.1 Å². The largest absolute Gasteiger partial charge is 0.497 e. The average Bonchev–Trinajstić information content (AvgIpc) is 3.67. The highest BCUT2D eigenvalue weighted by atomic mass is 16.5. The SMILES string of the molecule is COc1ccc2c(c1)[C@](O)([C@@H](C)/C=C/CC(=O)N1CCC[C@H]1CO)C(=O)N2Cc1ccc(N2C(=O)c3ccccc3Oc3ccccc32)cc1. The second-order valence-corrected chi connectivity index (χ2v) is 12.9. The van der Waals surface area contributed by atoms with Crippen LogP contribution in [-0.2, 0) is 21.7 Å². The van der Waals surface area contributed by atoms with Crippen LogP contribution in [0.5, 0.6) is 17.2 Å². The van der Waals surface area contributed by atoms with Gasteiger partial charge in [-0.1, -0.05) is 55.5 Å². The number of para-hydroxylation sites is 3. The Kier molecular flexibility index (Phi) is 8.90. The number of ether oxygens (including phenoxy) is 2. The number of hydrogen-bond acceptors (Lipinski definition) is 7. The van der Waals surface area contributed by atoms with Crippen LogP contribution in [0, 0.1) is 5.92 Å². The minimum Gasteiger partial charge on any atom is -0.497 e. The van der Waals surface area contributed by atoms with Gasteiger partial charge in [-0.3, -0.25) is 19.3 Å². The lowest BCUT2D eigenvalue weighted by molar-refractivity contribution is -0.139. The van der Waals surface area contributed by atoms with Gasteiger partial charge in [0.2, 0.25) is 5.91 Å². The van der Waals surface area contributed by atoms with Gasteiger partial charge in [-0.15, -0.1) is 0 Å². The maximum Gasteiger partial charge on any atom is 0.266 e. The van der Waals surface area contributed by atoms with Gasteiger partial charge in [0, 0.05) is 30.1 Å². The van der Waals surface area contributed by atoms with Crippen LogP contribution in [0.15, 0.2) is 103 Å². The Labute approximate surface area is 290 Å². The van der Waals surface area contributed by atoms with Crippen LogP contribution in [0.4, 0.5) is 17.1 Å². The average molecular weight is 674 g/mol. The van der Waals surface area contributed by atoms with Gasteiger partial charge in [0.1, 0.15) is 11.5 Å². The van der Waals surface area contributed by atoms with E-state index in [1.165, 1.54) is 7.11 Å². The predicted octanol–water partition coefficient (Wildman–Crippen LogP) is 6.08. The van der Waals surface area contributed by atoms with Gasteiger partial charge in [-0.2, -0.15) is 0 Å². The molecular weight excluding hydrogens is 634 g/mol. The van der Waals surface area contributed by atoms with Gasteiger partial charge in [0.05, 0.1) is 43.2 Å². The van der Waals surface area contributed by atoms with E-state index in [4.69, 9.17) is 9.47 Å². The van der Waals surface area contributed by atoms with Crippen molar-refractivity contribution in [2.75, 3.05) is 30.1 Å². The van der Waals surface area contributed by atoms with Crippen LogP contribution in [-0.4, -0.2) is 59.1 Å². The molecule has 7 rings (SSSR count). The van der Waals surface area contributed by atoms with Crippen LogP contribution in [0.3, 0.4) is 0 Å². The molecule has 3 aliphatic heterocycles. The summed E-state index contributed by atoms with van der Waals surface area (Å²) in [6.07, 6.45) is 5.14. The molecule has 3 amide bonds. The van der Waals surface area contributed by atoms with Crippen molar-refractivity contribution in [3.63, 3.8) is 0 Å². The van der Waals surface area contributed by atoms with Crippen LogP contribution < -0.4 is 19.3 Å². The minimum atomic E-state index is -1.90. The fraction of sp³-hybridized carbons (Fsp3) is 0.275. The molecule has 50 heavy (non-hydrogen) atoms. The Bertz CT molecular complexity index is 1980. The number of benzene rings is 4. The molecule has 4 aromatic rings. The highest BCUT2D eigenvalue weighted by molar-refractivity contribution is 6.14. The molecule has 3 atom stereocenters. The number of aliphatic hydroxyl groups is 2. The molecule has 2 N–H and O–H groups in total. The smallest absolute Gasteiger partial charge is 0.266 e. The third kappa shape index (κ3) is 5.70. The zero-order chi connectivity index (χ0) is 35.0. The number of amides is 3. The summed E-state index contributed by atoms with van der Waals surface area (Å²) in [5.74, 6) is 0.0664. The maximum atomic E-state index is 14.2. The van der Waals surface area contributed by atoms with E-state index in [1.807, 2.05) is 54.6 Å². The first-order chi connectivity index (χ1) is 24.2. The number of rotatable bonds is 9. The van der Waals surface area contributed by atoms with E-state index in [2.05, 4.69) is 0 Å². The van der Waals surface area contributed by atoms with Crippen molar-refractivity contribution in [1.29, 1.82) is 0 Å². The highest BCUT2D eigenvalue weighted by Gasteiger charge is 2.52. The van der Waals surface area contributed by atoms with Gasteiger partial charge in [-0.25, -0.2) is 0 Å². The lowest BCUT2D eigenvalue weighted by Crippen LogP contribution is -2.44. The van der Waals surface area contributed by atoms with E-state index >= 15 is 0 Å². The van der Waals surface area contributed by atoms with E-state index in [9.17, 15) is 24.6 Å². The molecule has 10 nitrogen and oxygen atoms in total. The molecule has 0 unspecified atom stereocenters. The Morgan fingerprint density at radius 2 is 1.74 bits per heavy atom. The summed E-state index contributed by atoms with van der Waals surface area (Å²) in [4.78, 5) is 45.8. The number of methoxy groups -OCH3 is 1. The monoisotopic (exact) mass is 673 g/mol. The van der Waals surface area contributed by atoms with Crippen LogP contribution in [0.25, 0.3) is 0 Å². The summed E-state index contributed by atoms with van der Waals surface area (Å²) in [6, 6.07) is 27.0. The molecule has 0 aromatic heterocycles. The Hall–Kier alpha value is -5.45. The molecule has 0 saturated carbocycles. The van der Waals surface area contributed by atoms with Gasteiger partial charge < -0.3 is 29.5 Å².